The number of sulfonamides is 1. The molecule has 0 spiro atoms. The van der Waals surface area contributed by atoms with Crippen LogP contribution in [0.1, 0.15) is 32.3 Å². The number of hydrogen-bond acceptors (Lipinski definition) is 7. The summed E-state index contributed by atoms with van der Waals surface area (Å²) in [6, 6.07) is 14.1. The molecule has 3 aromatic rings. The van der Waals surface area contributed by atoms with Gasteiger partial charge in [0.2, 0.25) is 21.9 Å². The van der Waals surface area contributed by atoms with Crippen molar-refractivity contribution >= 4 is 27.6 Å². The van der Waals surface area contributed by atoms with Crippen LogP contribution in [0.25, 0.3) is 11.1 Å². The second kappa shape index (κ2) is 10.7. The second-order valence-corrected chi connectivity index (χ2v) is 10.7. The minimum Gasteiger partial charge on any atom is -0.380 e. The molecule has 0 bridgehead atoms. The van der Waals surface area contributed by atoms with Gasteiger partial charge in [-0.05, 0) is 42.2 Å². The SMILES string of the molecule is CCN(CC)S(=O)(=O)c1cccc(NC(=O)C2(c3ccc(-c4cnc(N)nc4)cc3)CCCOC2)c1. The Labute approximate surface area is 211 Å². The average Bonchev–Trinajstić information content (AvgIpc) is 2.90. The Morgan fingerprint density at radius 3 is 2.39 bits per heavy atom. The molecule has 1 fully saturated rings. The van der Waals surface area contributed by atoms with Crippen molar-refractivity contribution in [3.8, 4) is 11.1 Å². The molecule has 1 unspecified atom stereocenters. The number of rotatable bonds is 8. The maximum atomic E-state index is 13.7. The van der Waals surface area contributed by atoms with Crippen LogP contribution in [0.15, 0.2) is 65.8 Å². The van der Waals surface area contributed by atoms with E-state index in [2.05, 4.69) is 15.3 Å². The van der Waals surface area contributed by atoms with Crippen molar-refractivity contribution in [3.05, 3.63) is 66.5 Å². The Hall–Kier alpha value is -3.34. The van der Waals surface area contributed by atoms with Gasteiger partial charge in [0.25, 0.3) is 0 Å². The van der Waals surface area contributed by atoms with E-state index in [0.717, 1.165) is 23.1 Å². The fourth-order valence-electron chi connectivity index (χ4n) is 4.50. The van der Waals surface area contributed by atoms with E-state index in [4.69, 9.17) is 10.5 Å². The van der Waals surface area contributed by atoms with E-state index in [1.165, 1.54) is 10.4 Å². The summed E-state index contributed by atoms with van der Waals surface area (Å²) in [7, 11) is -3.65. The molecule has 1 aromatic heterocycles. The normalized spacial score (nSPS) is 18.2. The number of carbonyl (C=O) groups is 1. The van der Waals surface area contributed by atoms with Crippen molar-refractivity contribution < 1.29 is 17.9 Å². The van der Waals surface area contributed by atoms with Gasteiger partial charge in [0.15, 0.2) is 0 Å². The molecular weight excluding hydrogens is 478 g/mol. The quantitative estimate of drug-likeness (QED) is 0.476. The Morgan fingerprint density at radius 1 is 1.08 bits per heavy atom. The first-order valence-corrected chi connectivity index (χ1v) is 13.4. The highest BCUT2D eigenvalue weighted by molar-refractivity contribution is 7.89. The largest absolute Gasteiger partial charge is 0.380 e. The summed E-state index contributed by atoms with van der Waals surface area (Å²) in [5.41, 5.74) is 7.66. The molecule has 36 heavy (non-hydrogen) atoms. The third kappa shape index (κ3) is 5.11. The predicted molar refractivity (Wildman–Crippen MR) is 139 cm³/mol. The number of carbonyl (C=O) groups excluding carboxylic acids is 1. The number of nitrogens with zero attached hydrogens (tertiary/aromatic N) is 3. The van der Waals surface area contributed by atoms with Gasteiger partial charge in [-0.15, -0.1) is 0 Å². The van der Waals surface area contributed by atoms with E-state index >= 15 is 0 Å². The Balaban J connectivity index is 1.62. The van der Waals surface area contributed by atoms with Crippen molar-refractivity contribution in [2.24, 2.45) is 0 Å². The Morgan fingerprint density at radius 2 is 1.78 bits per heavy atom. The number of amides is 1. The van der Waals surface area contributed by atoms with E-state index in [9.17, 15) is 13.2 Å². The van der Waals surface area contributed by atoms with Crippen LogP contribution in [-0.2, 0) is 25.0 Å². The maximum Gasteiger partial charge on any atom is 0.243 e. The summed E-state index contributed by atoms with van der Waals surface area (Å²) in [5, 5.41) is 2.96. The van der Waals surface area contributed by atoms with E-state index in [0.29, 0.717) is 31.8 Å². The highest BCUT2D eigenvalue weighted by atomic mass is 32.2. The number of nitrogen functional groups attached to an aromatic ring is 1. The topological polar surface area (TPSA) is 128 Å². The lowest BCUT2D eigenvalue weighted by Gasteiger charge is -2.36. The van der Waals surface area contributed by atoms with Gasteiger partial charge < -0.3 is 15.8 Å². The molecule has 1 saturated heterocycles. The van der Waals surface area contributed by atoms with Crippen LogP contribution in [0.2, 0.25) is 0 Å². The number of ether oxygens (including phenoxy) is 1. The van der Waals surface area contributed by atoms with Crippen molar-refractivity contribution in [1.29, 1.82) is 0 Å². The lowest BCUT2D eigenvalue weighted by molar-refractivity contribution is -0.126. The molecular formula is C26H31N5O4S. The molecule has 0 aliphatic carbocycles. The summed E-state index contributed by atoms with van der Waals surface area (Å²) in [4.78, 5) is 21.9. The van der Waals surface area contributed by atoms with Gasteiger partial charge in [-0.3, -0.25) is 4.79 Å². The van der Waals surface area contributed by atoms with Crippen LogP contribution in [0.4, 0.5) is 11.6 Å². The number of nitrogens with one attached hydrogen (secondary N) is 1. The molecule has 1 atom stereocenters. The summed E-state index contributed by atoms with van der Waals surface area (Å²) < 4.78 is 33.1. The number of nitrogens with two attached hydrogens (primary N) is 1. The van der Waals surface area contributed by atoms with E-state index in [-0.39, 0.29) is 23.4 Å². The molecule has 2 heterocycles. The van der Waals surface area contributed by atoms with Crippen molar-refractivity contribution in [3.63, 3.8) is 0 Å². The van der Waals surface area contributed by atoms with Crippen LogP contribution in [0, 0.1) is 0 Å². The van der Waals surface area contributed by atoms with Crippen LogP contribution in [-0.4, -0.2) is 54.9 Å². The predicted octanol–water partition coefficient (Wildman–Crippen LogP) is 3.44. The van der Waals surface area contributed by atoms with Gasteiger partial charge in [-0.2, -0.15) is 4.31 Å². The first-order valence-electron chi connectivity index (χ1n) is 12.0. The fourth-order valence-corrected chi connectivity index (χ4v) is 6.00. The minimum atomic E-state index is -3.65. The maximum absolute atomic E-state index is 13.7. The lowest BCUT2D eigenvalue weighted by Crippen LogP contribution is -2.46. The van der Waals surface area contributed by atoms with Gasteiger partial charge in [0, 0.05) is 43.3 Å². The zero-order valence-electron chi connectivity index (χ0n) is 20.5. The highest BCUT2D eigenvalue weighted by Gasteiger charge is 2.42. The van der Waals surface area contributed by atoms with Crippen LogP contribution >= 0.6 is 0 Å². The smallest absolute Gasteiger partial charge is 0.243 e. The highest BCUT2D eigenvalue weighted by Crippen LogP contribution is 2.36. The molecule has 190 valence electrons. The molecule has 0 radical (unpaired) electrons. The minimum absolute atomic E-state index is 0.146. The fraction of sp³-hybridized carbons (Fsp3) is 0.346. The van der Waals surface area contributed by atoms with Crippen LogP contribution in [0.3, 0.4) is 0 Å². The average molecular weight is 510 g/mol. The van der Waals surface area contributed by atoms with Crippen molar-refractivity contribution in [2.75, 3.05) is 37.4 Å². The molecule has 1 aliphatic heterocycles. The van der Waals surface area contributed by atoms with Gasteiger partial charge in [-0.25, -0.2) is 18.4 Å². The van der Waals surface area contributed by atoms with Gasteiger partial charge in [-0.1, -0.05) is 44.2 Å². The molecule has 9 nitrogen and oxygen atoms in total. The standard InChI is InChI=1S/C26H31N5O4S/c1-3-31(4-2)36(33,34)23-8-5-7-22(15-23)30-24(32)26(13-6-14-35-18-26)21-11-9-19(10-12-21)20-16-28-25(27)29-17-20/h5,7-12,15-17H,3-4,6,13-14,18H2,1-2H3,(H,30,32)(H2,27,28,29). The van der Waals surface area contributed by atoms with E-state index in [1.807, 2.05) is 24.3 Å². The number of anilines is 2. The number of hydrogen-bond donors (Lipinski definition) is 2. The zero-order valence-corrected chi connectivity index (χ0v) is 21.3. The summed E-state index contributed by atoms with van der Waals surface area (Å²) in [6.45, 7) is 5.16. The first-order chi connectivity index (χ1) is 17.3. The number of benzene rings is 2. The molecule has 0 saturated carbocycles. The summed E-state index contributed by atoms with van der Waals surface area (Å²) >= 11 is 0. The van der Waals surface area contributed by atoms with Gasteiger partial charge in [0.1, 0.15) is 0 Å². The zero-order chi connectivity index (χ0) is 25.8. The molecule has 1 aliphatic rings. The Kier molecular flexibility index (Phi) is 7.67. The summed E-state index contributed by atoms with van der Waals surface area (Å²) in [5.74, 6) is -0.0255. The third-order valence-electron chi connectivity index (χ3n) is 6.55. The van der Waals surface area contributed by atoms with Crippen molar-refractivity contribution in [2.45, 2.75) is 37.0 Å². The lowest BCUT2D eigenvalue weighted by atomic mass is 9.75. The van der Waals surface area contributed by atoms with E-state index in [1.54, 1.807) is 44.4 Å². The summed E-state index contributed by atoms with van der Waals surface area (Å²) in [6.07, 6.45) is 4.66. The molecule has 10 heteroatoms. The first kappa shape index (κ1) is 25.7. The van der Waals surface area contributed by atoms with Crippen LogP contribution in [0.5, 0.6) is 0 Å². The van der Waals surface area contributed by atoms with E-state index < -0.39 is 15.4 Å². The number of aromatic nitrogens is 2. The monoisotopic (exact) mass is 509 g/mol. The molecule has 2 aromatic carbocycles. The van der Waals surface area contributed by atoms with Gasteiger partial charge in [0.05, 0.1) is 16.9 Å². The molecule has 1 amide bonds. The van der Waals surface area contributed by atoms with Crippen LogP contribution < -0.4 is 11.1 Å². The third-order valence-corrected chi connectivity index (χ3v) is 8.60. The van der Waals surface area contributed by atoms with Crippen molar-refractivity contribution in [1.82, 2.24) is 14.3 Å². The van der Waals surface area contributed by atoms with Gasteiger partial charge >= 0.3 is 0 Å². The second-order valence-electron chi connectivity index (χ2n) is 8.72. The molecule has 3 N–H and O–H groups in total. The Bertz CT molecular complexity index is 1300. The molecule has 4 rings (SSSR count).